The lowest BCUT2D eigenvalue weighted by atomic mass is 10.1. The van der Waals surface area contributed by atoms with Crippen LogP contribution in [0.5, 0.6) is 0 Å². The third-order valence-corrected chi connectivity index (χ3v) is 3.34. The average Bonchev–Trinajstić information content (AvgIpc) is 2.35. The third kappa shape index (κ3) is 6.06. The Balaban J connectivity index is 4.39. The van der Waals surface area contributed by atoms with E-state index in [1.807, 2.05) is 4.90 Å². The molecule has 3 nitrogen and oxygen atoms in total. The zero-order valence-corrected chi connectivity index (χ0v) is 12.0. The van der Waals surface area contributed by atoms with Crippen molar-refractivity contribution in [2.45, 2.75) is 78.3 Å². The molecule has 3 heteroatoms. The minimum Gasteiger partial charge on any atom is -0.339 e. The van der Waals surface area contributed by atoms with Crippen molar-refractivity contribution >= 4 is 5.91 Å². The van der Waals surface area contributed by atoms with E-state index < -0.39 is 0 Å². The summed E-state index contributed by atoms with van der Waals surface area (Å²) in [4.78, 5) is 14.2. The van der Waals surface area contributed by atoms with E-state index in [0.717, 1.165) is 45.1 Å². The van der Waals surface area contributed by atoms with E-state index in [1.165, 1.54) is 0 Å². The molecule has 17 heavy (non-hydrogen) atoms. The summed E-state index contributed by atoms with van der Waals surface area (Å²) in [6.07, 6.45) is 6.12. The molecule has 0 saturated carbocycles. The Hall–Kier alpha value is -0.570. The van der Waals surface area contributed by atoms with E-state index in [0.29, 0.717) is 6.04 Å². The van der Waals surface area contributed by atoms with Crippen molar-refractivity contribution < 1.29 is 4.79 Å². The van der Waals surface area contributed by atoms with Crippen LogP contribution in [0.15, 0.2) is 0 Å². The maximum absolute atomic E-state index is 12.3. The minimum absolute atomic E-state index is 0.140. The van der Waals surface area contributed by atoms with Gasteiger partial charge in [-0.1, -0.05) is 40.0 Å². The molecule has 0 radical (unpaired) electrons. The van der Waals surface area contributed by atoms with Crippen molar-refractivity contribution in [3.63, 3.8) is 0 Å². The van der Waals surface area contributed by atoms with E-state index >= 15 is 0 Å². The van der Waals surface area contributed by atoms with Crippen LogP contribution in [0.3, 0.4) is 0 Å². The predicted molar refractivity (Wildman–Crippen MR) is 73.9 cm³/mol. The monoisotopic (exact) mass is 242 g/mol. The second kappa shape index (κ2) is 9.46. The Bertz CT molecular complexity index is 206. The molecule has 2 unspecified atom stereocenters. The molecule has 0 aliphatic carbocycles. The summed E-state index contributed by atoms with van der Waals surface area (Å²) in [5, 5.41) is 0. The van der Waals surface area contributed by atoms with Gasteiger partial charge in [-0.25, -0.2) is 0 Å². The highest BCUT2D eigenvalue weighted by atomic mass is 16.2. The predicted octanol–water partition coefficient (Wildman–Crippen LogP) is 2.93. The van der Waals surface area contributed by atoms with E-state index in [2.05, 4.69) is 27.7 Å². The van der Waals surface area contributed by atoms with Gasteiger partial charge in [0.05, 0.1) is 6.04 Å². The van der Waals surface area contributed by atoms with Gasteiger partial charge in [-0.3, -0.25) is 4.79 Å². The molecular weight excluding hydrogens is 212 g/mol. The summed E-state index contributed by atoms with van der Waals surface area (Å²) in [5.41, 5.74) is 5.98. The Morgan fingerprint density at radius 1 is 1.18 bits per heavy atom. The van der Waals surface area contributed by atoms with Crippen LogP contribution in [0, 0.1) is 0 Å². The molecule has 0 fully saturated rings. The Morgan fingerprint density at radius 3 is 2.24 bits per heavy atom. The second-order valence-electron chi connectivity index (χ2n) is 4.89. The van der Waals surface area contributed by atoms with Gasteiger partial charge < -0.3 is 10.6 Å². The zero-order valence-electron chi connectivity index (χ0n) is 12.0. The first-order chi connectivity index (χ1) is 8.08. The second-order valence-corrected chi connectivity index (χ2v) is 4.89. The Kier molecular flexibility index (Phi) is 9.14. The van der Waals surface area contributed by atoms with Crippen LogP contribution >= 0.6 is 0 Å². The smallest absolute Gasteiger partial charge is 0.239 e. The quantitative estimate of drug-likeness (QED) is 0.675. The molecule has 0 aliphatic rings. The van der Waals surface area contributed by atoms with Crippen LogP contribution < -0.4 is 5.73 Å². The van der Waals surface area contributed by atoms with Crippen molar-refractivity contribution in [2.24, 2.45) is 5.73 Å². The lowest BCUT2D eigenvalue weighted by Gasteiger charge is -2.31. The van der Waals surface area contributed by atoms with E-state index in [-0.39, 0.29) is 11.9 Å². The molecule has 2 atom stereocenters. The summed E-state index contributed by atoms with van der Waals surface area (Å²) in [6, 6.07) is 0.00235. The van der Waals surface area contributed by atoms with Crippen molar-refractivity contribution in [3.8, 4) is 0 Å². The highest BCUT2D eigenvalue weighted by Gasteiger charge is 2.23. The van der Waals surface area contributed by atoms with Crippen LogP contribution in [0.1, 0.15) is 66.2 Å². The first kappa shape index (κ1) is 16.4. The molecular formula is C14H30N2O. The first-order valence-electron chi connectivity index (χ1n) is 7.14. The van der Waals surface area contributed by atoms with E-state index in [4.69, 9.17) is 5.73 Å². The molecule has 0 rings (SSSR count). The number of carbonyl (C=O) groups excluding carboxylic acids is 1. The standard InChI is InChI=1S/C14H30N2O/c1-5-8-10-13(15)14(17)16(11-9-6-2)12(4)7-3/h12-13H,5-11,15H2,1-4H3. The molecule has 2 N–H and O–H groups in total. The van der Waals surface area contributed by atoms with Crippen molar-refractivity contribution in [1.82, 2.24) is 4.90 Å². The molecule has 0 spiro atoms. The van der Waals surface area contributed by atoms with Crippen LogP contribution in [-0.2, 0) is 4.79 Å². The summed E-state index contributed by atoms with van der Waals surface area (Å²) in [5.74, 6) is 0.140. The van der Waals surface area contributed by atoms with Gasteiger partial charge >= 0.3 is 0 Å². The molecule has 102 valence electrons. The zero-order chi connectivity index (χ0) is 13.3. The first-order valence-corrected chi connectivity index (χ1v) is 7.14. The molecule has 0 aromatic heterocycles. The fourth-order valence-corrected chi connectivity index (χ4v) is 1.86. The van der Waals surface area contributed by atoms with Crippen LogP contribution in [0.4, 0.5) is 0 Å². The summed E-state index contributed by atoms with van der Waals surface area (Å²) in [6.45, 7) is 9.36. The molecule has 0 heterocycles. The van der Waals surface area contributed by atoms with Crippen molar-refractivity contribution in [2.75, 3.05) is 6.54 Å². The number of unbranched alkanes of at least 4 members (excludes halogenated alkanes) is 2. The molecule has 1 amide bonds. The highest BCUT2D eigenvalue weighted by molar-refractivity contribution is 5.81. The number of hydrogen-bond donors (Lipinski definition) is 1. The Labute approximate surface area is 107 Å². The molecule has 0 aromatic carbocycles. The third-order valence-electron chi connectivity index (χ3n) is 3.34. The summed E-state index contributed by atoms with van der Waals surface area (Å²) >= 11 is 0. The van der Waals surface area contributed by atoms with Gasteiger partial charge in [0.15, 0.2) is 0 Å². The Morgan fingerprint density at radius 2 is 1.76 bits per heavy atom. The van der Waals surface area contributed by atoms with Gasteiger partial charge in [-0.05, 0) is 26.2 Å². The lowest BCUT2D eigenvalue weighted by molar-refractivity contribution is -0.135. The van der Waals surface area contributed by atoms with Gasteiger partial charge in [0.2, 0.25) is 5.91 Å². The SMILES string of the molecule is CCCCC(N)C(=O)N(CCCC)C(C)CC. The van der Waals surface area contributed by atoms with Crippen molar-refractivity contribution in [1.29, 1.82) is 0 Å². The van der Waals surface area contributed by atoms with Crippen LogP contribution in [0.25, 0.3) is 0 Å². The largest absolute Gasteiger partial charge is 0.339 e. The summed E-state index contributed by atoms with van der Waals surface area (Å²) in [7, 11) is 0. The van der Waals surface area contributed by atoms with Gasteiger partial charge in [-0.2, -0.15) is 0 Å². The highest BCUT2D eigenvalue weighted by Crippen LogP contribution is 2.10. The van der Waals surface area contributed by atoms with E-state index in [9.17, 15) is 4.79 Å². The number of nitrogens with two attached hydrogens (primary N) is 1. The van der Waals surface area contributed by atoms with Crippen LogP contribution in [0.2, 0.25) is 0 Å². The lowest BCUT2D eigenvalue weighted by Crippen LogP contribution is -2.48. The number of carbonyl (C=O) groups is 1. The van der Waals surface area contributed by atoms with E-state index in [1.54, 1.807) is 0 Å². The number of rotatable bonds is 9. The van der Waals surface area contributed by atoms with Gasteiger partial charge in [0.25, 0.3) is 0 Å². The molecule has 0 bridgehead atoms. The maximum atomic E-state index is 12.3. The van der Waals surface area contributed by atoms with Crippen LogP contribution in [-0.4, -0.2) is 29.4 Å². The van der Waals surface area contributed by atoms with Gasteiger partial charge in [0.1, 0.15) is 0 Å². The fraction of sp³-hybridized carbons (Fsp3) is 0.929. The average molecular weight is 242 g/mol. The number of hydrogen-bond acceptors (Lipinski definition) is 2. The number of nitrogens with zero attached hydrogens (tertiary/aromatic N) is 1. The van der Waals surface area contributed by atoms with Gasteiger partial charge in [-0.15, -0.1) is 0 Å². The van der Waals surface area contributed by atoms with Gasteiger partial charge in [0, 0.05) is 12.6 Å². The molecule has 0 aliphatic heterocycles. The maximum Gasteiger partial charge on any atom is 0.239 e. The fourth-order valence-electron chi connectivity index (χ4n) is 1.86. The molecule has 0 aromatic rings. The normalized spacial score (nSPS) is 14.4. The van der Waals surface area contributed by atoms with Crippen molar-refractivity contribution in [3.05, 3.63) is 0 Å². The number of amides is 1. The molecule has 0 saturated heterocycles. The minimum atomic E-state index is -0.305. The topological polar surface area (TPSA) is 46.3 Å². The summed E-state index contributed by atoms with van der Waals surface area (Å²) < 4.78 is 0.